The molecule has 0 fully saturated rings. The Morgan fingerprint density at radius 1 is 1.33 bits per heavy atom. The average molecular weight is 263 g/mol. The molecule has 0 aliphatic rings. The molecule has 0 saturated heterocycles. The highest BCUT2D eigenvalue weighted by Crippen LogP contribution is 2.32. The van der Waals surface area contributed by atoms with Crippen molar-refractivity contribution in [1.82, 2.24) is 4.98 Å². The summed E-state index contributed by atoms with van der Waals surface area (Å²) in [6.45, 7) is 3.25. The molecule has 0 atom stereocenters. The molecule has 0 amide bonds. The van der Waals surface area contributed by atoms with Crippen molar-refractivity contribution in [3.63, 3.8) is 0 Å². The van der Waals surface area contributed by atoms with Crippen LogP contribution in [0.5, 0.6) is 0 Å². The lowest BCUT2D eigenvalue weighted by Crippen LogP contribution is -2.36. The van der Waals surface area contributed by atoms with Crippen molar-refractivity contribution in [2.45, 2.75) is 25.6 Å². The van der Waals surface area contributed by atoms with Crippen LogP contribution in [0.25, 0.3) is 0 Å². The monoisotopic (exact) mass is 263 g/mol. The zero-order chi connectivity index (χ0) is 14.1. The maximum atomic E-state index is 12.6. The molecule has 0 bridgehead atoms. The molecule has 102 valence electrons. The summed E-state index contributed by atoms with van der Waals surface area (Å²) in [4.78, 5) is 5.25. The number of nitrogens with two attached hydrogens (primary N) is 1. The second-order valence-corrected chi connectivity index (χ2v) is 4.81. The Hall–Kier alpha value is -1.50. The van der Waals surface area contributed by atoms with Crippen LogP contribution in [0.15, 0.2) is 12.1 Å². The molecule has 1 aromatic heterocycles. The van der Waals surface area contributed by atoms with E-state index in [2.05, 4.69) is 4.98 Å². The fourth-order valence-corrected chi connectivity index (χ4v) is 1.56. The number of hydrogen-bond donors (Lipinski definition) is 2. The number of nitrogens with zero attached hydrogens (tertiary/aromatic N) is 2. The first-order chi connectivity index (χ1) is 7.99. The fraction of sp³-hybridized carbons (Fsp3) is 0.545. The molecule has 4 nitrogen and oxygen atoms in total. The molecule has 0 aliphatic carbocycles. The zero-order valence-corrected chi connectivity index (χ0v) is 10.4. The number of hydrogen-bond acceptors (Lipinski definition) is 4. The van der Waals surface area contributed by atoms with Crippen LogP contribution in [0.4, 0.5) is 24.8 Å². The molecule has 0 aromatic carbocycles. The molecule has 0 radical (unpaired) electrons. The largest absolute Gasteiger partial charge is 0.416 e. The predicted octanol–water partition coefficient (Wildman–Crippen LogP) is 1.89. The van der Waals surface area contributed by atoms with Crippen LogP contribution < -0.4 is 10.6 Å². The summed E-state index contributed by atoms with van der Waals surface area (Å²) in [6.07, 6.45) is -4.47. The van der Waals surface area contributed by atoms with Crippen molar-refractivity contribution in [2.24, 2.45) is 0 Å². The number of likely N-dealkylation sites (N-methyl/N-ethyl adjacent to an activating group) is 1. The van der Waals surface area contributed by atoms with Gasteiger partial charge in [0, 0.05) is 13.6 Å². The summed E-state index contributed by atoms with van der Waals surface area (Å²) in [5.74, 6) is -0.133. The summed E-state index contributed by atoms with van der Waals surface area (Å²) in [5, 5.41) is 9.62. The van der Waals surface area contributed by atoms with E-state index >= 15 is 0 Å². The molecule has 1 rings (SSSR count). The molecular weight excluding hydrogens is 247 g/mol. The Morgan fingerprint density at radius 3 is 2.33 bits per heavy atom. The van der Waals surface area contributed by atoms with Gasteiger partial charge in [-0.2, -0.15) is 13.2 Å². The molecule has 18 heavy (non-hydrogen) atoms. The van der Waals surface area contributed by atoms with Gasteiger partial charge in [-0.05, 0) is 26.0 Å². The van der Waals surface area contributed by atoms with Gasteiger partial charge in [0.05, 0.1) is 11.2 Å². The number of nitrogen functional groups attached to an aromatic ring is 1. The number of alkyl halides is 3. The Bertz CT molecular complexity index is 427. The van der Waals surface area contributed by atoms with Crippen LogP contribution in [0.3, 0.4) is 0 Å². The Kier molecular flexibility index (Phi) is 3.75. The highest BCUT2D eigenvalue weighted by atomic mass is 19.4. The van der Waals surface area contributed by atoms with E-state index in [0.717, 1.165) is 12.1 Å². The lowest BCUT2D eigenvalue weighted by Gasteiger charge is -2.27. The summed E-state index contributed by atoms with van der Waals surface area (Å²) in [7, 11) is 1.54. The van der Waals surface area contributed by atoms with Crippen LogP contribution in [0.1, 0.15) is 19.4 Å². The van der Waals surface area contributed by atoms with E-state index in [0.29, 0.717) is 0 Å². The van der Waals surface area contributed by atoms with Gasteiger partial charge < -0.3 is 15.7 Å². The van der Waals surface area contributed by atoms with Crippen LogP contribution in [-0.4, -0.2) is 29.3 Å². The van der Waals surface area contributed by atoms with E-state index in [1.54, 1.807) is 20.9 Å². The summed E-state index contributed by atoms with van der Waals surface area (Å²) < 4.78 is 37.8. The molecule has 0 unspecified atom stereocenters. The molecular formula is C11H16F3N3O. The van der Waals surface area contributed by atoms with E-state index < -0.39 is 17.3 Å². The van der Waals surface area contributed by atoms with E-state index in [-0.39, 0.29) is 18.2 Å². The fourth-order valence-electron chi connectivity index (χ4n) is 1.56. The minimum Gasteiger partial charge on any atom is -0.389 e. The highest BCUT2D eigenvalue weighted by Gasteiger charge is 2.32. The molecule has 0 spiro atoms. The third kappa shape index (κ3) is 4.06. The highest BCUT2D eigenvalue weighted by molar-refractivity contribution is 5.49. The third-order valence-electron chi connectivity index (χ3n) is 2.17. The predicted molar refractivity (Wildman–Crippen MR) is 63.2 cm³/mol. The van der Waals surface area contributed by atoms with Crippen LogP contribution in [0.2, 0.25) is 0 Å². The lowest BCUT2D eigenvalue weighted by molar-refractivity contribution is -0.137. The van der Waals surface area contributed by atoms with E-state index in [1.165, 1.54) is 4.90 Å². The van der Waals surface area contributed by atoms with Gasteiger partial charge in [-0.15, -0.1) is 0 Å². The quantitative estimate of drug-likeness (QED) is 0.874. The number of aromatic nitrogens is 1. The number of halogens is 3. The Morgan fingerprint density at radius 2 is 1.89 bits per heavy atom. The number of anilines is 2. The van der Waals surface area contributed by atoms with Crippen molar-refractivity contribution < 1.29 is 18.3 Å². The minimum absolute atomic E-state index is 0.0736. The first-order valence-electron chi connectivity index (χ1n) is 5.27. The van der Waals surface area contributed by atoms with Crippen molar-refractivity contribution in [3.05, 3.63) is 17.7 Å². The Labute approximate surface area is 103 Å². The Balaban J connectivity index is 3.07. The first kappa shape index (κ1) is 14.6. The van der Waals surface area contributed by atoms with E-state index in [4.69, 9.17) is 5.73 Å². The van der Waals surface area contributed by atoms with Crippen LogP contribution >= 0.6 is 0 Å². The molecule has 0 aliphatic heterocycles. The summed E-state index contributed by atoms with van der Waals surface area (Å²) in [6, 6.07) is 1.68. The number of aliphatic hydroxyl groups is 1. The number of pyridine rings is 1. The molecule has 1 aromatic rings. The van der Waals surface area contributed by atoms with E-state index in [1.807, 2.05) is 0 Å². The molecule has 1 heterocycles. The maximum absolute atomic E-state index is 12.6. The topological polar surface area (TPSA) is 62.4 Å². The smallest absolute Gasteiger partial charge is 0.389 e. The molecule has 0 saturated carbocycles. The minimum atomic E-state index is -4.47. The van der Waals surface area contributed by atoms with Crippen LogP contribution in [0, 0.1) is 0 Å². The van der Waals surface area contributed by atoms with Gasteiger partial charge in [0.25, 0.3) is 0 Å². The lowest BCUT2D eigenvalue weighted by atomic mass is 10.1. The number of rotatable bonds is 3. The van der Waals surface area contributed by atoms with Gasteiger partial charge in [0.1, 0.15) is 11.6 Å². The maximum Gasteiger partial charge on any atom is 0.416 e. The second kappa shape index (κ2) is 4.64. The summed E-state index contributed by atoms with van der Waals surface area (Å²) >= 11 is 0. The standard InChI is InChI=1S/C11H16F3N3O/c1-10(2,18)6-17(3)9-5-7(11(12,13)14)4-8(15)16-9/h4-5,18H,6H2,1-3H3,(H2,15,16). The van der Waals surface area contributed by atoms with Gasteiger partial charge in [-0.1, -0.05) is 0 Å². The SMILES string of the molecule is CN(CC(C)(C)O)c1cc(C(F)(F)F)cc(N)n1. The average Bonchev–Trinajstić information content (AvgIpc) is 2.12. The first-order valence-corrected chi connectivity index (χ1v) is 5.27. The zero-order valence-electron chi connectivity index (χ0n) is 10.4. The molecule has 3 N–H and O–H groups in total. The van der Waals surface area contributed by atoms with Gasteiger partial charge in [-0.3, -0.25) is 0 Å². The van der Waals surface area contributed by atoms with Crippen molar-refractivity contribution in [3.8, 4) is 0 Å². The van der Waals surface area contributed by atoms with Crippen molar-refractivity contribution in [2.75, 3.05) is 24.2 Å². The molecule has 7 heteroatoms. The van der Waals surface area contributed by atoms with Gasteiger partial charge in [0.15, 0.2) is 0 Å². The second-order valence-electron chi connectivity index (χ2n) is 4.81. The van der Waals surface area contributed by atoms with E-state index in [9.17, 15) is 18.3 Å². The van der Waals surface area contributed by atoms with Crippen molar-refractivity contribution >= 4 is 11.6 Å². The van der Waals surface area contributed by atoms with Crippen LogP contribution in [-0.2, 0) is 6.18 Å². The van der Waals surface area contributed by atoms with Gasteiger partial charge in [-0.25, -0.2) is 4.98 Å². The van der Waals surface area contributed by atoms with Crippen molar-refractivity contribution in [1.29, 1.82) is 0 Å². The summed E-state index contributed by atoms with van der Waals surface area (Å²) in [5.41, 5.74) is 3.46. The van der Waals surface area contributed by atoms with Gasteiger partial charge in [0.2, 0.25) is 0 Å². The third-order valence-corrected chi connectivity index (χ3v) is 2.17. The van der Waals surface area contributed by atoms with Gasteiger partial charge >= 0.3 is 6.18 Å². The normalized spacial score (nSPS) is 12.6.